The largest absolute Gasteiger partial charge is 0.383 e. The Labute approximate surface area is 119 Å². The predicted octanol–water partition coefficient (Wildman–Crippen LogP) is 3.33. The first kappa shape index (κ1) is 14.3. The number of rotatable bonds is 6. The van der Waals surface area contributed by atoms with Gasteiger partial charge < -0.3 is 10.1 Å². The monoisotopic (exact) mass is 269 g/mol. The minimum Gasteiger partial charge on any atom is -0.383 e. The molecule has 4 heteroatoms. The van der Waals surface area contributed by atoms with Gasteiger partial charge in [0.05, 0.1) is 29.8 Å². The van der Waals surface area contributed by atoms with Crippen molar-refractivity contribution < 1.29 is 4.74 Å². The predicted molar refractivity (Wildman–Crippen MR) is 80.7 cm³/mol. The molecule has 4 nitrogen and oxygen atoms in total. The number of hydrogen-bond acceptors (Lipinski definition) is 4. The van der Waals surface area contributed by atoms with Crippen LogP contribution < -0.4 is 5.32 Å². The molecule has 2 rings (SSSR count). The molecule has 0 saturated carbocycles. The molecule has 1 N–H and O–H groups in total. The normalized spacial score (nSPS) is 12.1. The van der Waals surface area contributed by atoms with Crippen molar-refractivity contribution in [3.63, 3.8) is 0 Å². The lowest BCUT2D eigenvalue weighted by molar-refractivity contribution is 0.182. The SMILES string of the molecule is CCCC(COC)Nc1cc(C#N)c2ccccc2n1. The van der Waals surface area contributed by atoms with Crippen LogP contribution in [0.25, 0.3) is 10.9 Å². The van der Waals surface area contributed by atoms with Gasteiger partial charge in [0, 0.05) is 12.5 Å². The van der Waals surface area contributed by atoms with E-state index >= 15 is 0 Å². The van der Waals surface area contributed by atoms with Crippen molar-refractivity contribution >= 4 is 16.7 Å². The molecule has 0 saturated heterocycles. The van der Waals surface area contributed by atoms with E-state index in [4.69, 9.17) is 4.74 Å². The number of fused-ring (bicyclic) bond motifs is 1. The van der Waals surface area contributed by atoms with Crippen molar-refractivity contribution in [2.75, 3.05) is 19.0 Å². The summed E-state index contributed by atoms with van der Waals surface area (Å²) in [6, 6.07) is 11.9. The quantitative estimate of drug-likeness (QED) is 0.873. The number of pyridine rings is 1. The minimum absolute atomic E-state index is 0.213. The summed E-state index contributed by atoms with van der Waals surface area (Å²) >= 11 is 0. The third-order valence-corrected chi connectivity index (χ3v) is 3.19. The van der Waals surface area contributed by atoms with Gasteiger partial charge in [-0.25, -0.2) is 4.98 Å². The Bertz CT molecular complexity index is 613. The van der Waals surface area contributed by atoms with E-state index in [1.807, 2.05) is 24.3 Å². The Kier molecular flexibility index (Phi) is 4.91. The number of methoxy groups -OCH3 is 1. The highest BCUT2D eigenvalue weighted by atomic mass is 16.5. The molecule has 0 bridgehead atoms. The Morgan fingerprint density at radius 1 is 1.40 bits per heavy atom. The molecular weight excluding hydrogens is 250 g/mol. The lowest BCUT2D eigenvalue weighted by Gasteiger charge is -2.18. The highest BCUT2D eigenvalue weighted by Crippen LogP contribution is 2.20. The van der Waals surface area contributed by atoms with Gasteiger partial charge >= 0.3 is 0 Å². The molecule has 0 amide bonds. The molecule has 0 aliphatic carbocycles. The first-order valence-electron chi connectivity index (χ1n) is 6.83. The zero-order valence-electron chi connectivity index (χ0n) is 11.9. The zero-order chi connectivity index (χ0) is 14.4. The smallest absolute Gasteiger partial charge is 0.128 e. The van der Waals surface area contributed by atoms with Crippen LogP contribution >= 0.6 is 0 Å². The standard InChI is InChI=1S/C16H19N3O/c1-3-6-13(11-20-2)18-16-9-12(10-17)14-7-4-5-8-15(14)19-16/h4-5,7-9,13H,3,6,11H2,1-2H3,(H,18,19). The highest BCUT2D eigenvalue weighted by Gasteiger charge is 2.10. The molecule has 0 fully saturated rings. The summed E-state index contributed by atoms with van der Waals surface area (Å²) in [5.41, 5.74) is 1.48. The average molecular weight is 269 g/mol. The van der Waals surface area contributed by atoms with E-state index in [9.17, 15) is 5.26 Å². The van der Waals surface area contributed by atoms with Crippen molar-refractivity contribution in [2.45, 2.75) is 25.8 Å². The maximum Gasteiger partial charge on any atom is 0.128 e. The average Bonchev–Trinajstić information content (AvgIpc) is 2.47. The molecule has 1 aromatic heterocycles. The Morgan fingerprint density at radius 2 is 2.20 bits per heavy atom. The fourth-order valence-electron chi connectivity index (χ4n) is 2.30. The van der Waals surface area contributed by atoms with Gasteiger partial charge in [-0.3, -0.25) is 0 Å². The second kappa shape index (κ2) is 6.88. The number of nitrogens with zero attached hydrogens (tertiary/aromatic N) is 2. The number of para-hydroxylation sites is 1. The number of ether oxygens (including phenoxy) is 1. The first-order chi connectivity index (χ1) is 9.78. The maximum absolute atomic E-state index is 9.27. The molecule has 2 aromatic rings. The Balaban J connectivity index is 2.32. The van der Waals surface area contributed by atoms with Crippen LogP contribution in [0.4, 0.5) is 5.82 Å². The second-order valence-electron chi connectivity index (χ2n) is 4.77. The molecule has 1 unspecified atom stereocenters. The third-order valence-electron chi connectivity index (χ3n) is 3.19. The van der Waals surface area contributed by atoms with E-state index < -0.39 is 0 Å². The van der Waals surface area contributed by atoms with Gasteiger partial charge in [-0.2, -0.15) is 5.26 Å². The van der Waals surface area contributed by atoms with Crippen LogP contribution in [0.15, 0.2) is 30.3 Å². The van der Waals surface area contributed by atoms with E-state index in [1.54, 1.807) is 13.2 Å². The second-order valence-corrected chi connectivity index (χ2v) is 4.77. The molecule has 104 valence electrons. The van der Waals surface area contributed by atoms with Crippen molar-refractivity contribution in [3.05, 3.63) is 35.9 Å². The number of anilines is 1. The van der Waals surface area contributed by atoms with Crippen LogP contribution in [0.2, 0.25) is 0 Å². The fourth-order valence-corrected chi connectivity index (χ4v) is 2.30. The zero-order valence-corrected chi connectivity index (χ0v) is 11.9. The highest BCUT2D eigenvalue weighted by molar-refractivity contribution is 5.86. The number of nitriles is 1. The van der Waals surface area contributed by atoms with Gasteiger partial charge in [0.2, 0.25) is 0 Å². The molecule has 1 aromatic carbocycles. The Morgan fingerprint density at radius 3 is 2.90 bits per heavy atom. The lowest BCUT2D eigenvalue weighted by Crippen LogP contribution is -2.25. The lowest BCUT2D eigenvalue weighted by atomic mass is 10.1. The summed E-state index contributed by atoms with van der Waals surface area (Å²) in [7, 11) is 1.69. The van der Waals surface area contributed by atoms with E-state index in [1.165, 1.54) is 0 Å². The Hall–Kier alpha value is -2.12. The van der Waals surface area contributed by atoms with Crippen LogP contribution in [0.3, 0.4) is 0 Å². The number of aromatic nitrogens is 1. The van der Waals surface area contributed by atoms with Crippen LogP contribution in [0.5, 0.6) is 0 Å². The summed E-state index contributed by atoms with van der Waals surface area (Å²) in [6.07, 6.45) is 2.07. The number of benzene rings is 1. The van der Waals surface area contributed by atoms with Gasteiger partial charge in [0.1, 0.15) is 5.82 Å². The number of nitrogens with one attached hydrogen (secondary N) is 1. The molecular formula is C16H19N3O. The minimum atomic E-state index is 0.213. The van der Waals surface area contributed by atoms with Crippen LogP contribution in [0.1, 0.15) is 25.3 Å². The van der Waals surface area contributed by atoms with E-state index in [-0.39, 0.29) is 6.04 Å². The summed E-state index contributed by atoms with van der Waals surface area (Å²) in [6.45, 7) is 2.77. The van der Waals surface area contributed by atoms with Crippen LogP contribution in [-0.2, 0) is 4.74 Å². The first-order valence-corrected chi connectivity index (χ1v) is 6.83. The van der Waals surface area contributed by atoms with E-state index in [2.05, 4.69) is 23.3 Å². The van der Waals surface area contributed by atoms with Gasteiger partial charge in [-0.05, 0) is 18.6 Å². The van der Waals surface area contributed by atoms with Gasteiger partial charge in [-0.15, -0.1) is 0 Å². The maximum atomic E-state index is 9.27. The molecule has 1 heterocycles. The van der Waals surface area contributed by atoms with Crippen molar-refractivity contribution in [2.24, 2.45) is 0 Å². The van der Waals surface area contributed by atoms with E-state index in [0.717, 1.165) is 29.6 Å². The van der Waals surface area contributed by atoms with Crippen molar-refractivity contribution in [3.8, 4) is 6.07 Å². The molecule has 1 atom stereocenters. The topological polar surface area (TPSA) is 57.9 Å². The van der Waals surface area contributed by atoms with Crippen LogP contribution in [0, 0.1) is 11.3 Å². The van der Waals surface area contributed by atoms with Gasteiger partial charge in [0.15, 0.2) is 0 Å². The number of hydrogen-bond donors (Lipinski definition) is 1. The summed E-state index contributed by atoms with van der Waals surface area (Å²) in [5, 5.41) is 13.5. The van der Waals surface area contributed by atoms with E-state index in [0.29, 0.717) is 12.2 Å². The van der Waals surface area contributed by atoms with Gasteiger partial charge in [-0.1, -0.05) is 31.5 Å². The molecule has 0 aliphatic heterocycles. The molecule has 20 heavy (non-hydrogen) atoms. The summed E-state index contributed by atoms with van der Waals surface area (Å²) in [5.74, 6) is 0.732. The fraction of sp³-hybridized carbons (Fsp3) is 0.375. The van der Waals surface area contributed by atoms with Crippen molar-refractivity contribution in [1.29, 1.82) is 5.26 Å². The third kappa shape index (κ3) is 3.25. The van der Waals surface area contributed by atoms with Crippen molar-refractivity contribution in [1.82, 2.24) is 4.98 Å². The van der Waals surface area contributed by atoms with Crippen LogP contribution in [-0.4, -0.2) is 24.7 Å². The van der Waals surface area contributed by atoms with Gasteiger partial charge in [0.25, 0.3) is 0 Å². The summed E-state index contributed by atoms with van der Waals surface area (Å²) < 4.78 is 5.22. The molecule has 0 aliphatic rings. The summed E-state index contributed by atoms with van der Waals surface area (Å²) in [4.78, 5) is 4.57. The molecule has 0 spiro atoms. The molecule has 0 radical (unpaired) electrons.